The summed E-state index contributed by atoms with van der Waals surface area (Å²) in [6.45, 7) is 0. The Bertz CT molecular complexity index is 857. The van der Waals surface area contributed by atoms with Crippen LogP contribution in [0.5, 0.6) is 0 Å². The number of rotatable bonds is 3. The van der Waals surface area contributed by atoms with E-state index < -0.39 is 41.0 Å². The lowest BCUT2D eigenvalue weighted by Crippen LogP contribution is -2.41. The second-order valence-electron chi connectivity index (χ2n) is 7.13. The second kappa shape index (κ2) is 8.08. The molecule has 0 unspecified atom stereocenters. The summed E-state index contributed by atoms with van der Waals surface area (Å²) < 4.78 is 77.9. The van der Waals surface area contributed by atoms with Gasteiger partial charge in [0.15, 0.2) is 0 Å². The Morgan fingerprint density at radius 1 is 0.828 bits per heavy atom. The van der Waals surface area contributed by atoms with E-state index in [9.17, 15) is 31.1 Å². The standard InChI is InChI=1S/C21H19F6NO/c22-20(23,24)14-11-9-13(10-12-14)15-5-2-4-8-18(15)28-19(29)16-6-1-3-7-17(16)21(25,26)27/h1,3,6-7,9-12,15,18H,2,4-5,8H2,(H,28,29)/t15-,18-/m1/s1. The lowest BCUT2D eigenvalue weighted by molar-refractivity contribution is -0.138. The van der Waals surface area contributed by atoms with E-state index in [2.05, 4.69) is 5.32 Å². The molecule has 0 aliphatic heterocycles. The van der Waals surface area contributed by atoms with E-state index >= 15 is 0 Å². The van der Waals surface area contributed by atoms with Crippen LogP contribution in [0.15, 0.2) is 48.5 Å². The number of benzene rings is 2. The molecule has 29 heavy (non-hydrogen) atoms. The van der Waals surface area contributed by atoms with Crippen molar-refractivity contribution in [1.29, 1.82) is 0 Å². The first-order chi connectivity index (χ1) is 13.6. The summed E-state index contributed by atoms with van der Waals surface area (Å²) >= 11 is 0. The van der Waals surface area contributed by atoms with Gasteiger partial charge in [-0.1, -0.05) is 37.1 Å². The van der Waals surface area contributed by atoms with Gasteiger partial charge < -0.3 is 5.32 Å². The zero-order valence-electron chi connectivity index (χ0n) is 15.3. The average molecular weight is 415 g/mol. The number of nitrogens with one attached hydrogen (secondary N) is 1. The van der Waals surface area contributed by atoms with Gasteiger partial charge in [0.1, 0.15) is 0 Å². The molecule has 1 saturated carbocycles. The Hall–Kier alpha value is -2.51. The van der Waals surface area contributed by atoms with Crippen molar-refractivity contribution < 1.29 is 31.1 Å². The number of hydrogen-bond donors (Lipinski definition) is 1. The third-order valence-corrected chi connectivity index (χ3v) is 5.23. The highest BCUT2D eigenvalue weighted by atomic mass is 19.4. The van der Waals surface area contributed by atoms with Gasteiger partial charge in [-0.3, -0.25) is 4.79 Å². The molecular weight excluding hydrogens is 396 g/mol. The SMILES string of the molecule is O=C(N[C@@H]1CCCC[C@@H]1c1ccc(C(F)(F)F)cc1)c1ccccc1C(F)(F)F. The minimum Gasteiger partial charge on any atom is -0.349 e. The van der Waals surface area contributed by atoms with Gasteiger partial charge in [-0.25, -0.2) is 0 Å². The van der Waals surface area contributed by atoms with Gasteiger partial charge in [0, 0.05) is 12.0 Å². The van der Waals surface area contributed by atoms with Crippen LogP contribution in [0, 0.1) is 0 Å². The van der Waals surface area contributed by atoms with Crippen molar-refractivity contribution in [1.82, 2.24) is 5.32 Å². The third-order valence-electron chi connectivity index (χ3n) is 5.23. The summed E-state index contributed by atoms with van der Waals surface area (Å²) in [5.74, 6) is -1.09. The van der Waals surface area contributed by atoms with Crippen LogP contribution in [0.3, 0.4) is 0 Å². The number of carbonyl (C=O) groups excluding carboxylic acids is 1. The minimum atomic E-state index is -4.66. The average Bonchev–Trinajstić information content (AvgIpc) is 2.67. The van der Waals surface area contributed by atoms with E-state index in [1.807, 2.05) is 0 Å². The zero-order valence-corrected chi connectivity index (χ0v) is 15.3. The molecule has 3 rings (SSSR count). The summed E-state index contributed by atoms with van der Waals surface area (Å²) in [4.78, 5) is 12.6. The van der Waals surface area contributed by atoms with Crippen molar-refractivity contribution in [2.24, 2.45) is 0 Å². The molecule has 1 amide bonds. The van der Waals surface area contributed by atoms with Gasteiger partial charge in [-0.15, -0.1) is 0 Å². The van der Waals surface area contributed by atoms with E-state index in [-0.39, 0.29) is 5.92 Å². The van der Waals surface area contributed by atoms with E-state index in [1.54, 1.807) is 0 Å². The Labute approximate surface area is 163 Å². The van der Waals surface area contributed by atoms with Gasteiger partial charge >= 0.3 is 12.4 Å². The summed E-state index contributed by atoms with van der Waals surface area (Å²) in [6, 6.07) is 8.82. The molecule has 2 nitrogen and oxygen atoms in total. The smallest absolute Gasteiger partial charge is 0.349 e. The molecule has 0 spiro atoms. The van der Waals surface area contributed by atoms with E-state index in [0.29, 0.717) is 18.4 Å². The molecule has 0 radical (unpaired) electrons. The number of amides is 1. The first kappa shape index (κ1) is 21.2. The molecule has 156 valence electrons. The minimum absolute atomic E-state index is 0.256. The third kappa shape index (κ3) is 4.92. The van der Waals surface area contributed by atoms with Crippen LogP contribution in [-0.4, -0.2) is 11.9 Å². The lowest BCUT2D eigenvalue weighted by atomic mass is 9.79. The van der Waals surface area contributed by atoms with Crippen LogP contribution in [0.4, 0.5) is 26.3 Å². The highest BCUT2D eigenvalue weighted by Crippen LogP contribution is 2.36. The van der Waals surface area contributed by atoms with Gasteiger partial charge in [-0.05, 0) is 42.7 Å². The van der Waals surface area contributed by atoms with Gasteiger partial charge in [-0.2, -0.15) is 26.3 Å². The topological polar surface area (TPSA) is 29.1 Å². The number of alkyl halides is 6. The highest BCUT2D eigenvalue weighted by Gasteiger charge is 2.36. The first-order valence-electron chi connectivity index (χ1n) is 9.21. The number of halogens is 6. The molecule has 1 N–H and O–H groups in total. The summed E-state index contributed by atoms with van der Waals surface area (Å²) in [6.07, 6.45) is -6.31. The second-order valence-corrected chi connectivity index (χ2v) is 7.13. The molecule has 2 atom stereocenters. The Kier molecular flexibility index (Phi) is 5.91. The predicted octanol–water partition coefficient (Wildman–Crippen LogP) is 6.18. The molecule has 2 aromatic rings. The molecule has 1 fully saturated rings. The van der Waals surface area contributed by atoms with Crippen molar-refractivity contribution in [3.8, 4) is 0 Å². The Morgan fingerprint density at radius 3 is 2.07 bits per heavy atom. The fourth-order valence-corrected chi connectivity index (χ4v) is 3.80. The maximum Gasteiger partial charge on any atom is 0.417 e. The van der Waals surface area contributed by atoms with Crippen LogP contribution >= 0.6 is 0 Å². The quantitative estimate of drug-likeness (QED) is 0.596. The lowest BCUT2D eigenvalue weighted by Gasteiger charge is -2.33. The molecule has 0 saturated heterocycles. The largest absolute Gasteiger partial charge is 0.417 e. The highest BCUT2D eigenvalue weighted by molar-refractivity contribution is 5.96. The van der Waals surface area contributed by atoms with Crippen molar-refractivity contribution in [3.05, 3.63) is 70.8 Å². The summed E-state index contributed by atoms with van der Waals surface area (Å²) in [5.41, 5.74) is -1.61. The van der Waals surface area contributed by atoms with E-state index in [4.69, 9.17) is 0 Å². The van der Waals surface area contributed by atoms with Crippen LogP contribution in [0.25, 0.3) is 0 Å². The molecule has 0 heterocycles. The van der Waals surface area contributed by atoms with Crippen molar-refractivity contribution in [2.75, 3.05) is 0 Å². The van der Waals surface area contributed by atoms with Crippen LogP contribution in [-0.2, 0) is 12.4 Å². The fraction of sp³-hybridized carbons (Fsp3) is 0.381. The Morgan fingerprint density at radius 2 is 1.45 bits per heavy atom. The van der Waals surface area contributed by atoms with Crippen LogP contribution in [0.2, 0.25) is 0 Å². The van der Waals surface area contributed by atoms with Crippen LogP contribution in [0.1, 0.15) is 58.6 Å². The molecule has 1 aliphatic carbocycles. The Balaban J connectivity index is 1.82. The normalized spacial score (nSPS) is 20.3. The zero-order chi connectivity index (χ0) is 21.2. The summed E-state index contributed by atoms with van der Waals surface area (Å²) in [7, 11) is 0. The number of carbonyl (C=O) groups is 1. The van der Waals surface area contributed by atoms with Crippen molar-refractivity contribution >= 4 is 5.91 Å². The van der Waals surface area contributed by atoms with E-state index in [0.717, 1.165) is 37.1 Å². The van der Waals surface area contributed by atoms with Crippen molar-refractivity contribution in [3.63, 3.8) is 0 Å². The first-order valence-corrected chi connectivity index (χ1v) is 9.21. The maximum absolute atomic E-state index is 13.2. The maximum atomic E-state index is 13.2. The number of hydrogen-bond acceptors (Lipinski definition) is 1. The van der Waals surface area contributed by atoms with Crippen LogP contribution < -0.4 is 5.32 Å². The molecule has 2 aromatic carbocycles. The van der Waals surface area contributed by atoms with Gasteiger partial charge in [0.2, 0.25) is 0 Å². The monoisotopic (exact) mass is 415 g/mol. The molecule has 0 bridgehead atoms. The van der Waals surface area contributed by atoms with E-state index in [1.165, 1.54) is 24.3 Å². The fourth-order valence-electron chi connectivity index (χ4n) is 3.80. The molecule has 0 aromatic heterocycles. The summed E-state index contributed by atoms with van der Waals surface area (Å²) in [5, 5.41) is 2.68. The van der Waals surface area contributed by atoms with Gasteiger partial charge in [0.05, 0.1) is 16.7 Å². The van der Waals surface area contributed by atoms with Gasteiger partial charge in [0.25, 0.3) is 5.91 Å². The van der Waals surface area contributed by atoms with Crippen molar-refractivity contribution in [2.45, 2.75) is 50.0 Å². The molecular formula is C21H19F6NO. The molecule has 1 aliphatic rings. The predicted molar refractivity (Wildman–Crippen MR) is 95.4 cm³/mol. The molecule has 8 heteroatoms.